The molecule has 29 heavy (non-hydrogen) atoms. The smallest absolute Gasteiger partial charge is 0.228 e. The molecule has 4 rings (SSSR count). The van der Waals surface area contributed by atoms with E-state index in [1.54, 1.807) is 6.33 Å². The number of hydrogen-bond donors (Lipinski definition) is 0. The van der Waals surface area contributed by atoms with Gasteiger partial charge >= 0.3 is 0 Å². The number of fused-ring (bicyclic) bond motifs is 1. The number of hydrogen-bond acceptors (Lipinski definition) is 6. The predicted molar refractivity (Wildman–Crippen MR) is 116 cm³/mol. The van der Waals surface area contributed by atoms with E-state index in [1.807, 2.05) is 25.4 Å². The van der Waals surface area contributed by atoms with E-state index in [0.717, 1.165) is 47.8 Å². The molecule has 0 aliphatic heterocycles. The Kier molecular flexibility index (Phi) is 5.64. The van der Waals surface area contributed by atoms with Crippen molar-refractivity contribution in [3.63, 3.8) is 0 Å². The van der Waals surface area contributed by atoms with Crippen molar-refractivity contribution in [1.82, 2.24) is 24.5 Å². The third kappa shape index (κ3) is 4.64. The lowest BCUT2D eigenvalue weighted by molar-refractivity contribution is 0.0902. The molecule has 1 aliphatic rings. The number of aromatic nitrogens is 5. The van der Waals surface area contributed by atoms with Crippen LogP contribution in [0.5, 0.6) is 5.88 Å². The minimum Gasteiger partial charge on any atom is -0.477 e. The summed E-state index contributed by atoms with van der Waals surface area (Å²) in [7, 11) is -1.08. The van der Waals surface area contributed by atoms with E-state index in [-0.39, 0.29) is 0 Å². The van der Waals surface area contributed by atoms with Crippen LogP contribution in [0.15, 0.2) is 24.8 Å². The van der Waals surface area contributed by atoms with Gasteiger partial charge in [-0.25, -0.2) is 19.9 Å². The van der Waals surface area contributed by atoms with E-state index in [0.29, 0.717) is 31.0 Å². The summed E-state index contributed by atoms with van der Waals surface area (Å²) in [6.45, 7) is 10.9. The van der Waals surface area contributed by atoms with Crippen molar-refractivity contribution in [3.05, 3.63) is 30.5 Å². The molecule has 0 spiro atoms. The van der Waals surface area contributed by atoms with Gasteiger partial charge in [-0.15, -0.1) is 0 Å². The van der Waals surface area contributed by atoms with Crippen LogP contribution in [0.2, 0.25) is 25.7 Å². The topological polar surface area (TPSA) is 75.0 Å². The molecule has 0 bridgehead atoms. The van der Waals surface area contributed by atoms with Crippen molar-refractivity contribution >= 4 is 19.1 Å². The second-order valence-electron chi connectivity index (χ2n) is 8.74. The first-order valence-electron chi connectivity index (χ1n) is 10.3. The largest absolute Gasteiger partial charge is 0.477 e. The zero-order valence-corrected chi connectivity index (χ0v) is 18.7. The van der Waals surface area contributed by atoms with Crippen LogP contribution in [0, 0.1) is 0 Å². The highest BCUT2D eigenvalue weighted by Crippen LogP contribution is 2.44. The maximum absolute atomic E-state index is 5.89. The van der Waals surface area contributed by atoms with Crippen LogP contribution in [0.1, 0.15) is 31.4 Å². The molecule has 0 unspecified atom stereocenters. The van der Waals surface area contributed by atoms with E-state index in [4.69, 9.17) is 14.5 Å². The van der Waals surface area contributed by atoms with Crippen LogP contribution in [-0.4, -0.2) is 45.8 Å². The maximum atomic E-state index is 5.89. The molecular weight excluding hydrogens is 382 g/mol. The minimum absolute atomic E-state index is 0.455. The molecule has 1 saturated carbocycles. The van der Waals surface area contributed by atoms with Crippen LogP contribution in [0.4, 0.5) is 0 Å². The van der Waals surface area contributed by atoms with Crippen molar-refractivity contribution in [2.24, 2.45) is 0 Å². The summed E-state index contributed by atoms with van der Waals surface area (Å²) in [6, 6.07) is 3.16. The first kappa shape index (κ1) is 20.0. The summed E-state index contributed by atoms with van der Waals surface area (Å²) in [5, 5.41) is 0. The second kappa shape index (κ2) is 8.20. The Hall–Kier alpha value is -2.32. The van der Waals surface area contributed by atoms with E-state index < -0.39 is 8.07 Å². The normalized spacial score (nSPS) is 14.5. The quantitative estimate of drug-likeness (QED) is 0.382. The Balaban J connectivity index is 1.59. The van der Waals surface area contributed by atoms with Gasteiger partial charge in [0.1, 0.15) is 18.6 Å². The molecular formula is C21H29N5O2Si. The summed E-state index contributed by atoms with van der Waals surface area (Å²) in [5.74, 6) is 1.65. The van der Waals surface area contributed by atoms with Crippen molar-refractivity contribution in [3.8, 4) is 17.3 Å². The van der Waals surface area contributed by atoms with E-state index in [1.165, 1.54) is 0 Å². The molecule has 0 radical (unpaired) electrons. The summed E-state index contributed by atoms with van der Waals surface area (Å²) < 4.78 is 13.7. The fourth-order valence-corrected chi connectivity index (χ4v) is 4.01. The standard InChI is InChI=1S/C21H29N5O2Si/c1-5-28-21-18(19(15-6-7-15)23-13-24-21)20-22-12-17-16(25-20)8-9-26(17)14-27-10-11-29(2,3)4/h8-9,12-13,15H,5-7,10-11,14H2,1-4H3. The van der Waals surface area contributed by atoms with Gasteiger partial charge in [-0.2, -0.15) is 0 Å². The fraction of sp³-hybridized carbons (Fsp3) is 0.524. The molecule has 3 aromatic heterocycles. The first-order chi connectivity index (χ1) is 14.0. The Labute approximate surface area is 172 Å². The van der Waals surface area contributed by atoms with Gasteiger partial charge in [0.05, 0.1) is 29.5 Å². The third-order valence-corrected chi connectivity index (χ3v) is 6.76. The Bertz CT molecular complexity index is 994. The predicted octanol–water partition coefficient (Wildman–Crippen LogP) is 4.48. The van der Waals surface area contributed by atoms with Crippen LogP contribution < -0.4 is 4.74 Å². The van der Waals surface area contributed by atoms with Crippen molar-refractivity contribution in [2.75, 3.05) is 13.2 Å². The van der Waals surface area contributed by atoms with Gasteiger partial charge in [0.15, 0.2) is 5.82 Å². The fourth-order valence-electron chi connectivity index (χ4n) is 3.25. The second-order valence-corrected chi connectivity index (χ2v) is 14.4. The summed E-state index contributed by atoms with van der Waals surface area (Å²) in [5.41, 5.74) is 3.68. The molecule has 1 fully saturated rings. The SMILES string of the molecule is CCOc1ncnc(C2CC2)c1-c1ncc2c(ccn2COCC[Si](C)(C)C)n1. The van der Waals surface area contributed by atoms with Crippen LogP contribution in [0.3, 0.4) is 0 Å². The zero-order chi connectivity index (χ0) is 20.4. The van der Waals surface area contributed by atoms with Crippen LogP contribution >= 0.6 is 0 Å². The molecule has 1 aliphatic carbocycles. The van der Waals surface area contributed by atoms with Gasteiger partial charge in [0.2, 0.25) is 5.88 Å². The highest BCUT2D eigenvalue weighted by molar-refractivity contribution is 6.76. The third-order valence-electron chi connectivity index (χ3n) is 5.06. The highest BCUT2D eigenvalue weighted by Gasteiger charge is 2.31. The number of nitrogens with zero attached hydrogens (tertiary/aromatic N) is 5. The lowest BCUT2D eigenvalue weighted by Crippen LogP contribution is -2.21. The van der Waals surface area contributed by atoms with Gasteiger partial charge in [-0.1, -0.05) is 19.6 Å². The Morgan fingerprint density at radius 1 is 1.17 bits per heavy atom. The van der Waals surface area contributed by atoms with E-state index in [2.05, 4.69) is 39.2 Å². The van der Waals surface area contributed by atoms with Crippen LogP contribution in [0.25, 0.3) is 22.4 Å². The first-order valence-corrected chi connectivity index (χ1v) is 14.0. The molecule has 8 heteroatoms. The van der Waals surface area contributed by atoms with E-state index in [9.17, 15) is 0 Å². The summed E-state index contributed by atoms with van der Waals surface area (Å²) >= 11 is 0. The Morgan fingerprint density at radius 3 is 2.72 bits per heavy atom. The zero-order valence-electron chi connectivity index (χ0n) is 17.7. The lowest BCUT2D eigenvalue weighted by Gasteiger charge is -2.15. The average molecular weight is 412 g/mol. The molecule has 3 aromatic rings. The van der Waals surface area contributed by atoms with Crippen molar-refractivity contribution in [2.45, 2.75) is 58.1 Å². The molecule has 0 aromatic carbocycles. The Morgan fingerprint density at radius 2 is 2.00 bits per heavy atom. The minimum atomic E-state index is -1.08. The van der Waals surface area contributed by atoms with Crippen molar-refractivity contribution < 1.29 is 9.47 Å². The lowest BCUT2D eigenvalue weighted by atomic mass is 10.1. The number of rotatable bonds is 9. The number of ether oxygens (including phenoxy) is 2. The molecule has 3 heterocycles. The van der Waals surface area contributed by atoms with Gasteiger partial charge < -0.3 is 14.0 Å². The van der Waals surface area contributed by atoms with Gasteiger partial charge in [0, 0.05) is 26.8 Å². The van der Waals surface area contributed by atoms with E-state index >= 15 is 0 Å². The summed E-state index contributed by atoms with van der Waals surface area (Å²) in [6.07, 6.45) is 7.73. The van der Waals surface area contributed by atoms with Gasteiger partial charge in [0.25, 0.3) is 0 Å². The average Bonchev–Trinajstić information content (AvgIpc) is 3.45. The van der Waals surface area contributed by atoms with Gasteiger partial charge in [-0.3, -0.25) is 0 Å². The van der Waals surface area contributed by atoms with Crippen LogP contribution in [-0.2, 0) is 11.5 Å². The van der Waals surface area contributed by atoms with Crippen molar-refractivity contribution in [1.29, 1.82) is 0 Å². The highest BCUT2D eigenvalue weighted by atomic mass is 28.3. The summed E-state index contributed by atoms with van der Waals surface area (Å²) in [4.78, 5) is 18.3. The maximum Gasteiger partial charge on any atom is 0.228 e. The molecule has 7 nitrogen and oxygen atoms in total. The molecule has 0 saturated heterocycles. The molecule has 154 valence electrons. The monoisotopic (exact) mass is 411 g/mol. The molecule has 0 amide bonds. The molecule has 0 atom stereocenters. The molecule has 0 N–H and O–H groups in total. The van der Waals surface area contributed by atoms with Gasteiger partial charge in [-0.05, 0) is 31.9 Å².